The first-order valence-corrected chi connectivity index (χ1v) is 7.95. The molecule has 2 amide bonds. The van der Waals surface area contributed by atoms with Crippen molar-refractivity contribution in [3.63, 3.8) is 0 Å². The summed E-state index contributed by atoms with van der Waals surface area (Å²) in [7, 11) is -2.29. The lowest BCUT2D eigenvalue weighted by Gasteiger charge is -2.29. The van der Waals surface area contributed by atoms with Gasteiger partial charge in [0, 0.05) is 19.5 Å². The Morgan fingerprint density at radius 3 is 2.85 bits per heavy atom. The first-order valence-electron chi connectivity index (χ1n) is 6.69. The first kappa shape index (κ1) is 17.0. The van der Waals surface area contributed by atoms with Crippen molar-refractivity contribution in [2.24, 2.45) is 11.6 Å². The number of nitrogens with zero attached hydrogens (tertiary/aromatic N) is 1. The Hall–Kier alpha value is -1.08. The predicted molar refractivity (Wildman–Crippen MR) is 75.6 cm³/mol. The molecule has 0 saturated carbocycles. The molecule has 1 aliphatic heterocycles. The topological polar surface area (TPSA) is 131 Å². The maximum atomic E-state index is 12.3. The van der Waals surface area contributed by atoms with E-state index in [9.17, 15) is 14.2 Å². The summed E-state index contributed by atoms with van der Waals surface area (Å²) in [5.74, 6) is 4.69. The summed E-state index contributed by atoms with van der Waals surface area (Å²) >= 11 is 0. The third-order valence-electron chi connectivity index (χ3n) is 3.20. The first-order chi connectivity index (χ1) is 9.32. The van der Waals surface area contributed by atoms with Crippen LogP contribution in [0.25, 0.3) is 0 Å². The summed E-state index contributed by atoms with van der Waals surface area (Å²) in [4.78, 5) is 23.7. The number of carbonyl (C=O) groups excluding carboxylic acids is 2. The summed E-state index contributed by atoms with van der Waals surface area (Å²) in [6, 6.07) is -0.688. The van der Waals surface area contributed by atoms with Crippen LogP contribution in [-0.4, -0.2) is 41.2 Å². The van der Waals surface area contributed by atoms with Crippen molar-refractivity contribution in [2.45, 2.75) is 44.4 Å². The van der Waals surface area contributed by atoms with Crippen LogP contribution in [0.5, 0.6) is 0 Å². The van der Waals surface area contributed by atoms with E-state index in [1.807, 2.05) is 6.92 Å². The number of amides is 2. The quantitative estimate of drug-likeness (QED) is 0.294. The lowest BCUT2D eigenvalue weighted by Crippen LogP contribution is -2.60. The van der Waals surface area contributed by atoms with Gasteiger partial charge in [-0.1, -0.05) is 12.0 Å². The van der Waals surface area contributed by atoms with Crippen LogP contribution in [0.1, 0.15) is 33.1 Å². The molecule has 0 bridgehead atoms. The molecule has 0 aromatic carbocycles. The second kappa shape index (κ2) is 7.08. The van der Waals surface area contributed by atoms with Crippen LogP contribution in [0.4, 0.5) is 0 Å². The third-order valence-corrected chi connectivity index (χ3v) is 4.97. The van der Waals surface area contributed by atoms with Crippen molar-refractivity contribution < 1.29 is 14.2 Å². The van der Waals surface area contributed by atoms with Gasteiger partial charge in [0.2, 0.25) is 5.91 Å². The summed E-state index contributed by atoms with van der Waals surface area (Å²) in [6.45, 7) is 4.46. The number of hydrogen-bond donors (Lipinski definition) is 4. The molecule has 1 heterocycles. The normalized spacial score (nSPS) is 25.3. The van der Waals surface area contributed by atoms with Gasteiger partial charge in [-0.3, -0.25) is 20.3 Å². The van der Waals surface area contributed by atoms with Crippen molar-refractivity contribution in [1.29, 1.82) is 0 Å². The van der Waals surface area contributed by atoms with Gasteiger partial charge in [0.1, 0.15) is 6.04 Å². The van der Waals surface area contributed by atoms with Crippen LogP contribution in [0.2, 0.25) is 0 Å². The van der Waals surface area contributed by atoms with Crippen LogP contribution in [0.15, 0.2) is 0 Å². The summed E-state index contributed by atoms with van der Waals surface area (Å²) in [5, 5.41) is 4.75. The van der Waals surface area contributed by atoms with Gasteiger partial charge in [-0.25, -0.2) is 5.84 Å². The van der Waals surface area contributed by atoms with Gasteiger partial charge >= 0.3 is 19.1 Å². The molecule has 6 N–H and O–H groups in total. The molecule has 2 unspecified atom stereocenters. The highest BCUT2D eigenvalue weighted by Gasteiger charge is 2.57. The van der Waals surface area contributed by atoms with E-state index < -0.39 is 25.2 Å². The van der Waals surface area contributed by atoms with Gasteiger partial charge in [0.05, 0.1) is 0 Å². The lowest BCUT2D eigenvalue weighted by molar-refractivity contribution is -0.137. The monoisotopic (exact) mass is 304 g/mol. The Morgan fingerprint density at radius 1 is 1.60 bits per heavy atom. The largest absolute Gasteiger partial charge is 0.465 e. The lowest BCUT2D eigenvalue weighted by atomic mass is 10.1. The number of hydrogen-bond acceptors (Lipinski definition) is 5. The molecule has 0 aromatic heterocycles. The van der Waals surface area contributed by atoms with Gasteiger partial charge in [0.15, 0.2) is 0 Å². The average molecular weight is 304 g/mol. The van der Waals surface area contributed by atoms with Gasteiger partial charge in [-0.05, 0) is 24.3 Å². The Kier molecular flexibility index (Phi) is 6.01. The molecule has 8 nitrogen and oxygen atoms in total. The van der Waals surface area contributed by atoms with E-state index >= 15 is 0 Å². The zero-order chi connectivity index (χ0) is 15.3. The van der Waals surface area contributed by atoms with Gasteiger partial charge in [-0.15, -0.1) is 0 Å². The highest BCUT2D eigenvalue weighted by Crippen LogP contribution is 2.38. The second-order valence-electron chi connectivity index (χ2n) is 4.96. The van der Waals surface area contributed by atoms with Crippen molar-refractivity contribution in [3.05, 3.63) is 0 Å². The minimum Gasteiger partial charge on any atom is -0.355 e. The molecule has 0 aromatic rings. The Bertz CT molecular complexity index is 406. The zero-order valence-electron chi connectivity index (χ0n) is 11.9. The fourth-order valence-corrected chi connectivity index (χ4v) is 3.28. The number of nitrogens with two attached hydrogens (primary N) is 2. The summed E-state index contributed by atoms with van der Waals surface area (Å²) in [5.41, 5.74) is 5.94. The van der Waals surface area contributed by atoms with Crippen molar-refractivity contribution in [3.8, 4) is 0 Å². The van der Waals surface area contributed by atoms with Gasteiger partial charge < -0.3 is 5.32 Å². The molecule has 9 heteroatoms. The fourth-order valence-electron chi connectivity index (χ4n) is 1.92. The van der Waals surface area contributed by atoms with Crippen LogP contribution < -0.4 is 22.0 Å². The Labute approximate surface area is 119 Å². The molecule has 1 fully saturated rings. The van der Waals surface area contributed by atoms with Crippen LogP contribution >= 0.6 is 7.95 Å². The minimum atomic E-state index is -2.29. The molecule has 20 heavy (non-hydrogen) atoms. The summed E-state index contributed by atoms with van der Waals surface area (Å²) < 4.78 is 12.3. The standard InChI is InChI=1S/C11H22N5O3P/c1-3-6-14-9(17)8(2)15-20(19)11(12)5-4-7-16(13)10(11)18/h8H,3-7,12-13H2,1-2H3,(H-,14,15,17,19)/p+1/t8?,11-/m0/s1. The number of carbonyl (C=O) groups is 2. The van der Waals surface area contributed by atoms with E-state index in [1.165, 1.54) is 0 Å². The van der Waals surface area contributed by atoms with Crippen molar-refractivity contribution in [1.82, 2.24) is 15.4 Å². The maximum Gasteiger partial charge on any atom is 0.465 e. The van der Waals surface area contributed by atoms with E-state index in [1.54, 1.807) is 6.92 Å². The molecule has 3 atom stereocenters. The van der Waals surface area contributed by atoms with E-state index in [-0.39, 0.29) is 12.3 Å². The highest BCUT2D eigenvalue weighted by molar-refractivity contribution is 7.45. The van der Waals surface area contributed by atoms with E-state index in [0.29, 0.717) is 19.5 Å². The van der Waals surface area contributed by atoms with E-state index in [4.69, 9.17) is 11.6 Å². The molecule has 0 spiro atoms. The van der Waals surface area contributed by atoms with E-state index in [2.05, 4.69) is 10.4 Å². The second-order valence-corrected chi connectivity index (χ2v) is 6.61. The number of nitrogens with one attached hydrogen (secondary N) is 2. The third kappa shape index (κ3) is 3.73. The van der Waals surface area contributed by atoms with Gasteiger partial charge in [0.25, 0.3) is 0 Å². The summed E-state index contributed by atoms with van der Waals surface area (Å²) in [6.07, 6.45) is 1.68. The number of rotatable bonds is 6. The highest BCUT2D eigenvalue weighted by atomic mass is 31.1. The Morgan fingerprint density at radius 2 is 2.25 bits per heavy atom. The Balaban J connectivity index is 2.65. The van der Waals surface area contributed by atoms with Crippen LogP contribution in [-0.2, 0) is 14.2 Å². The molecule has 1 aliphatic rings. The van der Waals surface area contributed by atoms with Crippen molar-refractivity contribution >= 4 is 19.8 Å². The molecule has 0 radical (unpaired) electrons. The van der Waals surface area contributed by atoms with Crippen molar-refractivity contribution in [2.75, 3.05) is 13.1 Å². The maximum absolute atomic E-state index is 12.3. The molecular weight excluding hydrogens is 281 g/mol. The number of piperidine rings is 1. The average Bonchev–Trinajstić information content (AvgIpc) is 2.41. The number of hydrazine groups is 1. The van der Waals surface area contributed by atoms with Gasteiger partial charge in [-0.2, -0.15) is 0 Å². The zero-order valence-corrected chi connectivity index (χ0v) is 12.8. The van der Waals surface area contributed by atoms with E-state index in [0.717, 1.165) is 11.4 Å². The molecule has 1 saturated heterocycles. The molecule has 1 rings (SSSR count). The fraction of sp³-hybridized carbons (Fsp3) is 0.818. The SMILES string of the molecule is CCCNC(=O)C(C)N[P+](=O)[C@@]1(N)CCCN(N)C1=O. The smallest absolute Gasteiger partial charge is 0.355 e. The molecular formula is C11H23N5O3P+. The van der Waals surface area contributed by atoms with Crippen LogP contribution in [0.3, 0.4) is 0 Å². The molecule has 114 valence electrons. The minimum absolute atomic E-state index is 0.272. The van der Waals surface area contributed by atoms with Crippen LogP contribution in [0, 0.1) is 0 Å². The molecule has 0 aliphatic carbocycles. The predicted octanol–water partition coefficient (Wildman–Crippen LogP) is -0.616.